The lowest BCUT2D eigenvalue weighted by Crippen LogP contribution is -2.31. The van der Waals surface area contributed by atoms with Crippen LogP contribution in [0.25, 0.3) is 10.8 Å². The van der Waals surface area contributed by atoms with Crippen LogP contribution in [0.4, 0.5) is 0 Å². The first-order valence-electron chi connectivity index (χ1n) is 11.7. The second-order valence-electron chi connectivity index (χ2n) is 9.19. The average molecular weight is 436 g/mol. The van der Waals surface area contributed by atoms with Crippen LogP contribution in [0.3, 0.4) is 0 Å². The molecule has 0 saturated carbocycles. The van der Waals surface area contributed by atoms with Gasteiger partial charge in [0.2, 0.25) is 0 Å². The van der Waals surface area contributed by atoms with Crippen LogP contribution in [0.5, 0.6) is 0 Å². The van der Waals surface area contributed by atoms with E-state index in [2.05, 4.69) is 85.0 Å². The van der Waals surface area contributed by atoms with E-state index < -0.39 is 5.97 Å². The second-order valence-corrected chi connectivity index (χ2v) is 9.19. The summed E-state index contributed by atoms with van der Waals surface area (Å²) in [5.41, 5.74) is 5.48. The summed E-state index contributed by atoms with van der Waals surface area (Å²) in [5, 5.41) is 15.8. The summed E-state index contributed by atoms with van der Waals surface area (Å²) in [7, 11) is 0. The van der Waals surface area contributed by atoms with E-state index >= 15 is 0 Å². The Labute approximate surface area is 195 Å². The molecule has 0 aromatic heterocycles. The third kappa shape index (κ3) is 4.42. The number of benzene rings is 4. The Kier molecular flexibility index (Phi) is 5.97. The molecule has 4 aromatic carbocycles. The van der Waals surface area contributed by atoms with Crippen molar-refractivity contribution >= 4 is 16.7 Å². The Balaban J connectivity index is 1.37. The summed E-state index contributed by atoms with van der Waals surface area (Å²) in [5.74, 6) is -0.173. The first-order chi connectivity index (χ1) is 16.1. The molecule has 0 spiro atoms. The third-order valence-electron chi connectivity index (χ3n) is 7.05. The molecule has 0 fully saturated rings. The number of nitrogens with one attached hydrogen (secondary N) is 1. The van der Waals surface area contributed by atoms with Gasteiger partial charge in [0.1, 0.15) is 0 Å². The quantitative estimate of drug-likeness (QED) is 0.359. The molecule has 2 N–H and O–H groups in total. The molecule has 1 aliphatic carbocycles. The Bertz CT molecular complexity index is 1290. The van der Waals surface area contributed by atoms with Crippen molar-refractivity contribution < 1.29 is 9.90 Å². The van der Waals surface area contributed by atoms with Crippen molar-refractivity contribution in [1.82, 2.24) is 5.32 Å². The van der Waals surface area contributed by atoms with Gasteiger partial charge in [-0.2, -0.15) is 0 Å². The largest absolute Gasteiger partial charge is 0.478 e. The number of carboxylic acid groups (broad SMARTS) is 1. The monoisotopic (exact) mass is 435 g/mol. The van der Waals surface area contributed by atoms with Gasteiger partial charge in [0.05, 0.1) is 5.56 Å². The van der Waals surface area contributed by atoms with Crippen molar-refractivity contribution in [2.75, 3.05) is 6.54 Å². The Morgan fingerprint density at radius 3 is 2.61 bits per heavy atom. The minimum atomic E-state index is -0.872. The first kappa shape index (κ1) is 21.4. The topological polar surface area (TPSA) is 49.3 Å². The number of aromatic carboxylic acids is 1. The molecule has 0 radical (unpaired) electrons. The molecule has 0 bridgehead atoms. The Hall–Kier alpha value is -3.43. The van der Waals surface area contributed by atoms with E-state index in [9.17, 15) is 9.90 Å². The van der Waals surface area contributed by atoms with Crippen LogP contribution in [0.1, 0.15) is 57.9 Å². The lowest BCUT2D eigenvalue weighted by atomic mass is 9.73. The Morgan fingerprint density at radius 1 is 0.970 bits per heavy atom. The fraction of sp³-hybridized carbons (Fsp3) is 0.233. The summed E-state index contributed by atoms with van der Waals surface area (Å²) >= 11 is 0. The van der Waals surface area contributed by atoms with Crippen LogP contribution in [0.15, 0.2) is 91.0 Å². The van der Waals surface area contributed by atoms with Crippen molar-refractivity contribution in [3.05, 3.63) is 119 Å². The van der Waals surface area contributed by atoms with Gasteiger partial charge < -0.3 is 10.4 Å². The highest BCUT2D eigenvalue weighted by molar-refractivity contribution is 5.88. The zero-order valence-corrected chi connectivity index (χ0v) is 18.9. The number of hydrogen-bond donors (Lipinski definition) is 2. The van der Waals surface area contributed by atoms with Crippen molar-refractivity contribution in [3.63, 3.8) is 0 Å². The van der Waals surface area contributed by atoms with Crippen molar-refractivity contribution in [1.29, 1.82) is 0 Å². The maximum atomic E-state index is 11.5. The molecule has 5 rings (SSSR count). The van der Waals surface area contributed by atoms with E-state index in [4.69, 9.17) is 0 Å². The van der Waals surface area contributed by atoms with Crippen molar-refractivity contribution in [3.8, 4) is 0 Å². The standard InChI is InChI=1S/C30H29NO2/c1-20(26-15-7-10-22-8-2-4-13-27(22)26)31-19-21-16-23-9-3-5-14-28(23)29(17-21)24-11-6-12-25(18-24)30(32)33/h2-15,18,20-21,29,31H,16-17,19H2,1H3,(H,32,33). The fourth-order valence-corrected chi connectivity index (χ4v) is 5.36. The fourth-order valence-electron chi connectivity index (χ4n) is 5.36. The third-order valence-corrected chi connectivity index (χ3v) is 7.05. The molecule has 4 aromatic rings. The predicted molar refractivity (Wildman–Crippen MR) is 134 cm³/mol. The highest BCUT2D eigenvalue weighted by Crippen LogP contribution is 2.39. The second kappa shape index (κ2) is 9.21. The van der Waals surface area contributed by atoms with E-state index in [1.54, 1.807) is 6.07 Å². The van der Waals surface area contributed by atoms with Crippen molar-refractivity contribution in [2.24, 2.45) is 5.92 Å². The van der Waals surface area contributed by atoms with E-state index in [1.807, 2.05) is 12.1 Å². The minimum absolute atomic E-state index is 0.217. The van der Waals surface area contributed by atoms with Gasteiger partial charge >= 0.3 is 5.97 Å². The molecule has 33 heavy (non-hydrogen) atoms. The smallest absolute Gasteiger partial charge is 0.335 e. The maximum Gasteiger partial charge on any atom is 0.335 e. The van der Waals surface area contributed by atoms with E-state index in [-0.39, 0.29) is 12.0 Å². The molecule has 0 aliphatic heterocycles. The average Bonchev–Trinajstić information content (AvgIpc) is 2.86. The summed E-state index contributed by atoms with van der Waals surface area (Å²) in [6.07, 6.45) is 2.05. The van der Waals surface area contributed by atoms with E-state index in [0.717, 1.165) is 24.9 Å². The van der Waals surface area contributed by atoms with Crippen molar-refractivity contribution in [2.45, 2.75) is 31.7 Å². The molecule has 0 saturated heterocycles. The number of carbonyl (C=O) groups is 1. The SMILES string of the molecule is CC(NCC1Cc2ccccc2C(c2cccc(C(=O)O)c2)C1)c1cccc2ccccc12. The predicted octanol–water partition coefficient (Wildman–Crippen LogP) is 6.58. The summed E-state index contributed by atoms with van der Waals surface area (Å²) < 4.78 is 0. The highest BCUT2D eigenvalue weighted by Gasteiger charge is 2.28. The molecular weight excluding hydrogens is 406 g/mol. The lowest BCUT2D eigenvalue weighted by molar-refractivity contribution is 0.0696. The molecule has 1 aliphatic rings. The van der Waals surface area contributed by atoms with Gasteiger partial charge in [0.25, 0.3) is 0 Å². The molecule has 3 unspecified atom stereocenters. The van der Waals surface area contributed by atoms with Gasteiger partial charge in [-0.15, -0.1) is 0 Å². The van der Waals surface area contributed by atoms with Gasteiger partial charge in [0.15, 0.2) is 0 Å². The zero-order valence-electron chi connectivity index (χ0n) is 18.9. The maximum absolute atomic E-state index is 11.5. The molecule has 3 atom stereocenters. The molecule has 3 heteroatoms. The van der Waals surface area contributed by atoms with Gasteiger partial charge in [-0.3, -0.25) is 0 Å². The molecule has 166 valence electrons. The van der Waals surface area contributed by atoms with Crippen LogP contribution in [-0.2, 0) is 6.42 Å². The van der Waals surface area contributed by atoms with Gasteiger partial charge in [-0.05, 0) is 77.4 Å². The Morgan fingerprint density at radius 2 is 1.73 bits per heavy atom. The van der Waals surface area contributed by atoms with Crippen LogP contribution in [0, 0.1) is 5.92 Å². The highest BCUT2D eigenvalue weighted by atomic mass is 16.4. The summed E-state index contributed by atoms with van der Waals surface area (Å²) in [6, 6.07) is 31.4. The minimum Gasteiger partial charge on any atom is -0.478 e. The number of rotatable bonds is 6. The first-order valence-corrected chi connectivity index (χ1v) is 11.7. The molecule has 3 nitrogen and oxygen atoms in total. The van der Waals surface area contributed by atoms with Gasteiger partial charge in [-0.1, -0.05) is 78.9 Å². The molecule has 0 amide bonds. The van der Waals surface area contributed by atoms with Crippen LogP contribution >= 0.6 is 0 Å². The molecule has 0 heterocycles. The number of carboxylic acids is 1. The number of fused-ring (bicyclic) bond motifs is 2. The van der Waals surface area contributed by atoms with Gasteiger partial charge in [-0.25, -0.2) is 4.79 Å². The van der Waals surface area contributed by atoms with Crippen LogP contribution < -0.4 is 5.32 Å². The van der Waals surface area contributed by atoms with E-state index in [1.165, 1.54) is 27.5 Å². The van der Waals surface area contributed by atoms with Crippen LogP contribution in [0.2, 0.25) is 0 Å². The normalized spacial score (nSPS) is 18.6. The van der Waals surface area contributed by atoms with Gasteiger partial charge in [0, 0.05) is 12.0 Å². The lowest BCUT2D eigenvalue weighted by Gasteiger charge is -2.33. The summed E-state index contributed by atoms with van der Waals surface area (Å²) in [6.45, 7) is 3.17. The molecular formula is C30H29NO2. The summed E-state index contributed by atoms with van der Waals surface area (Å²) in [4.78, 5) is 11.5. The van der Waals surface area contributed by atoms with E-state index in [0.29, 0.717) is 11.5 Å². The zero-order chi connectivity index (χ0) is 22.8. The van der Waals surface area contributed by atoms with Crippen LogP contribution in [-0.4, -0.2) is 17.6 Å². The number of hydrogen-bond acceptors (Lipinski definition) is 2.